The predicted molar refractivity (Wildman–Crippen MR) is 73.1 cm³/mol. The summed E-state index contributed by atoms with van der Waals surface area (Å²) >= 11 is 0. The van der Waals surface area contributed by atoms with Crippen molar-refractivity contribution in [2.45, 2.75) is 6.92 Å². The summed E-state index contributed by atoms with van der Waals surface area (Å²) in [5, 5.41) is 0. The number of anilines is 1. The van der Waals surface area contributed by atoms with E-state index in [2.05, 4.69) is 4.90 Å². The van der Waals surface area contributed by atoms with E-state index in [4.69, 9.17) is 15.2 Å². The maximum Gasteiger partial charge on any atom is 0.338 e. The molecule has 5 heteroatoms. The standard InChI is InChI=1S/C14H20N2O3/c1-11-2-3-12(10-13(11)15)14(17)19-9-6-16-4-7-18-8-5-16/h2-3,10H,4-9,15H2,1H3. The van der Waals surface area contributed by atoms with E-state index in [0.29, 0.717) is 17.9 Å². The summed E-state index contributed by atoms with van der Waals surface area (Å²) in [6, 6.07) is 5.23. The van der Waals surface area contributed by atoms with Gasteiger partial charge >= 0.3 is 5.97 Å². The molecule has 1 saturated heterocycles. The second-order valence-electron chi connectivity index (χ2n) is 4.66. The normalized spacial score (nSPS) is 16.3. The van der Waals surface area contributed by atoms with Crippen molar-refractivity contribution in [3.8, 4) is 0 Å². The van der Waals surface area contributed by atoms with Gasteiger partial charge in [0.05, 0.1) is 18.8 Å². The number of ether oxygens (including phenoxy) is 2. The second-order valence-corrected chi connectivity index (χ2v) is 4.66. The van der Waals surface area contributed by atoms with Crippen molar-refractivity contribution in [3.05, 3.63) is 29.3 Å². The smallest absolute Gasteiger partial charge is 0.338 e. The second kappa shape index (κ2) is 6.54. The van der Waals surface area contributed by atoms with Crippen LogP contribution in [0, 0.1) is 6.92 Å². The van der Waals surface area contributed by atoms with E-state index in [1.165, 1.54) is 0 Å². The van der Waals surface area contributed by atoms with Crippen LogP contribution in [0.2, 0.25) is 0 Å². The molecular formula is C14H20N2O3. The van der Waals surface area contributed by atoms with Gasteiger partial charge < -0.3 is 15.2 Å². The van der Waals surface area contributed by atoms with Gasteiger partial charge in [-0.3, -0.25) is 4.90 Å². The molecule has 19 heavy (non-hydrogen) atoms. The van der Waals surface area contributed by atoms with Crippen molar-refractivity contribution >= 4 is 11.7 Å². The zero-order valence-electron chi connectivity index (χ0n) is 11.2. The Morgan fingerprint density at radius 1 is 1.42 bits per heavy atom. The van der Waals surface area contributed by atoms with Crippen LogP contribution >= 0.6 is 0 Å². The summed E-state index contributed by atoms with van der Waals surface area (Å²) in [7, 11) is 0. The van der Waals surface area contributed by atoms with Crippen molar-refractivity contribution in [1.29, 1.82) is 0 Å². The minimum atomic E-state index is -0.319. The third-order valence-corrected chi connectivity index (χ3v) is 3.26. The summed E-state index contributed by atoms with van der Waals surface area (Å²) in [5.74, 6) is -0.319. The maximum atomic E-state index is 11.8. The fourth-order valence-corrected chi connectivity index (χ4v) is 1.94. The number of benzene rings is 1. The van der Waals surface area contributed by atoms with Crippen molar-refractivity contribution in [2.24, 2.45) is 0 Å². The van der Waals surface area contributed by atoms with Gasteiger partial charge in [-0.2, -0.15) is 0 Å². The Bertz CT molecular complexity index is 442. The molecule has 0 aromatic heterocycles. The van der Waals surface area contributed by atoms with Crippen molar-refractivity contribution in [1.82, 2.24) is 4.90 Å². The molecule has 5 nitrogen and oxygen atoms in total. The van der Waals surface area contributed by atoms with Crippen LogP contribution in [0.4, 0.5) is 5.69 Å². The van der Waals surface area contributed by atoms with Crippen LogP contribution in [0.25, 0.3) is 0 Å². The van der Waals surface area contributed by atoms with Crippen molar-refractivity contribution in [2.75, 3.05) is 45.2 Å². The number of carbonyl (C=O) groups is 1. The van der Waals surface area contributed by atoms with Crippen LogP contribution in [0.1, 0.15) is 15.9 Å². The number of hydrogen-bond acceptors (Lipinski definition) is 5. The maximum absolute atomic E-state index is 11.8. The molecule has 1 heterocycles. The number of aryl methyl sites for hydroxylation is 1. The third kappa shape index (κ3) is 3.94. The molecule has 0 amide bonds. The van der Waals surface area contributed by atoms with E-state index in [-0.39, 0.29) is 5.97 Å². The van der Waals surface area contributed by atoms with Gasteiger partial charge in [0.1, 0.15) is 6.61 Å². The van der Waals surface area contributed by atoms with Gasteiger partial charge in [0.2, 0.25) is 0 Å². The average molecular weight is 264 g/mol. The molecule has 1 fully saturated rings. The first kappa shape index (κ1) is 13.8. The molecule has 0 radical (unpaired) electrons. The van der Waals surface area contributed by atoms with Gasteiger partial charge in [0.15, 0.2) is 0 Å². The molecule has 0 aliphatic carbocycles. The molecule has 0 bridgehead atoms. The lowest BCUT2D eigenvalue weighted by Crippen LogP contribution is -2.38. The highest BCUT2D eigenvalue weighted by Gasteiger charge is 2.12. The monoisotopic (exact) mass is 264 g/mol. The van der Waals surface area contributed by atoms with Gasteiger partial charge in [0, 0.05) is 25.3 Å². The van der Waals surface area contributed by atoms with Gasteiger partial charge in [-0.1, -0.05) is 6.07 Å². The molecule has 2 rings (SSSR count). The Hall–Kier alpha value is -1.59. The van der Waals surface area contributed by atoms with E-state index in [0.717, 1.165) is 38.4 Å². The number of rotatable bonds is 4. The number of hydrogen-bond donors (Lipinski definition) is 1. The molecule has 0 unspecified atom stereocenters. The number of esters is 1. The highest BCUT2D eigenvalue weighted by Crippen LogP contribution is 2.13. The van der Waals surface area contributed by atoms with Gasteiger partial charge in [0.25, 0.3) is 0 Å². The Labute approximate surface area is 113 Å². The number of carbonyl (C=O) groups excluding carboxylic acids is 1. The van der Waals surface area contributed by atoms with Crippen molar-refractivity contribution in [3.63, 3.8) is 0 Å². The van der Waals surface area contributed by atoms with Crippen LogP contribution in [-0.4, -0.2) is 50.3 Å². The SMILES string of the molecule is Cc1ccc(C(=O)OCCN2CCOCC2)cc1N. The highest BCUT2D eigenvalue weighted by molar-refractivity contribution is 5.90. The number of nitrogens with two attached hydrogens (primary N) is 1. The Kier molecular flexibility index (Phi) is 4.76. The average Bonchev–Trinajstić information content (AvgIpc) is 2.43. The Morgan fingerprint density at radius 2 is 2.16 bits per heavy atom. The third-order valence-electron chi connectivity index (χ3n) is 3.26. The van der Waals surface area contributed by atoms with Gasteiger partial charge in [-0.15, -0.1) is 0 Å². The topological polar surface area (TPSA) is 64.8 Å². The van der Waals surface area contributed by atoms with E-state index in [1.54, 1.807) is 12.1 Å². The van der Waals surface area contributed by atoms with Crippen LogP contribution in [0.5, 0.6) is 0 Å². The number of nitrogen functional groups attached to an aromatic ring is 1. The quantitative estimate of drug-likeness (QED) is 0.651. The van der Waals surface area contributed by atoms with Gasteiger partial charge in [-0.05, 0) is 24.6 Å². The Balaban J connectivity index is 1.78. The Morgan fingerprint density at radius 3 is 2.84 bits per heavy atom. The summed E-state index contributed by atoms with van der Waals surface area (Å²) < 4.78 is 10.5. The molecule has 2 N–H and O–H groups in total. The fraction of sp³-hybridized carbons (Fsp3) is 0.500. The molecular weight excluding hydrogens is 244 g/mol. The van der Waals surface area contributed by atoms with E-state index in [9.17, 15) is 4.79 Å². The molecule has 1 aromatic carbocycles. The summed E-state index contributed by atoms with van der Waals surface area (Å²) in [5.41, 5.74) is 7.86. The lowest BCUT2D eigenvalue weighted by atomic mass is 10.1. The first-order valence-electron chi connectivity index (χ1n) is 6.50. The molecule has 1 aromatic rings. The number of morpholine rings is 1. The van der Waals surface area contributed by atoms with Gasteiger partial charge in [-0.25, -0.2) is 4.79 Å². The highest BCUT2D eigenvalue weighted by atomic mass is 16.5. The molecule has 0 saturated carbocycles. The summed E-state index contributed by atoms with van der Waals surface area (Å²) in [6.45, 7) is 6.35. The van der Waals surface area contributed by atoms with Crippen LogP contribution in [0.3, 0.4) is 0 Å². The summed E-state index contributed by atoms with van der Waals surface area (Å²) in [6.07, 6.45) is 0. The largest absolute Gasteiger partial charge is 0.461 e. The molecule has 1 aliphatic heterocycles. The molecule has 0 spiro atoms. The van der Waals surface area contributed by atoms with E-state index in [1.807, 2.05) is 13.0 Å². The van der Waals surface area contributed by atoms with Crippen LogP contribution in [-0.2, 0) is 9.47 Å². The van der Waals surface area contributed by atoms with E-state index >= 15 is 0 Å². The predicted octanol–water partition coefficient (Wildman–Crippen LogP) is 1.07. The summed E-state index contributed by atoms with van der Waals surface area (Å²) in [4.78, 5) is 14.1. The molecule has 104 valence electrons. The number of nitrogens with zero attached hydrogens (tertiary/aromatic N) is 1. The van der Waals surface area contributed by atoms with Crippen LogP contribution < -0.4 is 5.73 Å². The zero-order valence-corrected chi connectivity index (χ0v) is 11.2. The van der Waals surface area contributed by atoms with Crippen LogP contribution in [0.15, 0.2) is 18.2 Å². The minimum absolute atomic E-state index is 0.319. The van der Waals surface area contributed by atoms with E-state index < -0.39 is 0 Å². The first-order valence-corrected chi connectivity index (χ1v) is 6.50. The minimum Gasteiger partial charge on any atom is -0.461 e. The lowest BCUT2D eigenvalue weighted by molar-refractivity contribution is 0.0195. The zero-order chi connectivity index (χ0) is 13.7. The van der Waals surface area contributed by atoms with Crippen molar-refractivity contribution < 1.29 is 14.3 Å². The fourth-order valence-electron chi connectivity index (χ4n) is 1.94. The lowest BCUT2D eigenvalue weighted by Gasteiger charge is -2.26. The first-order chi connectivity index (χ1) is 9.16. The molecule has 1 aliphatic rings. The molecule has 0 atom stereocenters.